The molecule has 34 heavy (non-hydrogen) atoms. The molecule has 6 nitrogen and oxygen atoms in total. The van der Waals surface area contributed by atoms with Gasteiger partial charge in [-0.15, -0.1) is 0 Å². The highest BCUT2D eigenvalue weighted by molar-refractivity contribution is 9.10. The minimum Gasteiger partial charge on any atom is -0.493 e. The molecule has 0 spiro atoms. The number of hydrogen-bond donors (Lipinski definition) is 0. The summed E-state index contributed by atoms with van der Waals surface area (Å²) >= 11 is 3.43. The molecule has 1 aliphatic heterocycles. The van der Waals surface area contributed by atoms with Crippen molar-refractivity contribution >= 4 is 32.8 Å². The second-order valence-corrected chi connectivity index (χ2v) is 9.17. The Kier molecular flexibility index (Phi) is 5.65. The van der Waals surface area contributed by atoms with Gasteiger partial charge in [0.2, 0.25) is 5.76 Å². The second-order valence-electron chi connectivity index (χ2n) is 8.25. The maximum Gasteiger partial charge on any atom is 0.291 e. The van der Waals surface area contributed by atoms with E-state index in [4.69, 9.17) is 13.9 Å². The molecule has 0 fully saturated rings. The fourth-order valence-electron chi connectivity index (χ4n) is 4.42. The molecule has 0 bridgehead atoms. The van der Waals surface area contributed by atoms with Crippen LogP contribution in [-0.2, 0) is 6.54 Å². The second kappa shape index (κ2) is 8.65. The molecule has 172 valence electrons. The Bertz CT molecular complexity index is 1480. The van der Waals surface area contributed by atoms with E-state index >= 15 is 0 Å². The molecule has 0 saturated carbocycles. The summed E-state index contributed by atoms with van der Waals surface area (Å²) in [5.41, 5.74) is 3.30. The molecule has 7 heteroatoms. The highest BCUT2D eigenvalue weighted by atomic mass is 79.9. The number of ether oxygens (including phenoxy) is 2. The molecule has 1 aromatic heterocycles. The van der Waals surface area contributed by atoms with Crippen molar-refractivity contribution in [3.05, 3.63) is 103 Å². The van der Waals surface area contributed by atoms with E-state index in [1.54, 1.807) is 49.5 Å². The van der Waals surface area contributed by atoms with E-state index in [1.165, 1.54) is 0 Å². The van der Waals surface area contributed by atoms with Crippen molar-refractivity contribution in [2.24, 2.45) is 0 Å². The number of amides is 1. The largest absolute Gasteiger partial charge is 0.493 e. The summed E-state index contributed by atoms with van der Waals surface area (Å²) in [7, 11) is 3.12. The number of halogens is 1. The molecule has 0 saturated heterocycles. The van der Waals surface area contributed by atoms with E-state index in [-0.39, 0.29) is 17.1 Å². The van der Waals surface area contributed by atoms with E-state index in [1.807, 2.05) is 37.3 Å². The molecule has 1 aliphatic rings. The number of hydrogen-bond acceptors (Lipinski definition) is 5. The number of nitrogens with zero attached hydrogens (tertiary/aromatic N) is 1. The van der Waals surface area contributed by atoms with Crippen LogP contribution in [0, 0.1) is 6.92 Å². The summed E-state index contributed by atoms with van der Waals surface area (Å²) in [4.78, 5) is 29.0. The van der Waals surface area contributed by atoms with Gasteiger partial charge in [-0.05, 0) is 48.4 Å². The third kappa shape index (κ3) is 3.66. The molecule has 0 aliphatic carbocycles. The lowest BCUT2D eigenvalue weighted by Crippen LogP contribution is -2.29. The summed E-state index contributed by atoms with van der Waals surface area (Å²) in [6.07, 6.45) is 0. The Hall–Kier alpha value is -3.58. The number of aryl methyl sites for hydroxylation is 1. The molecule has 1 atom stereocenters. The zero-order valence-corrected chi connectivity index (χ0v) is 20.5. The fourth-order valence-corrected chi connectivity index (χ4v) is 4.78. The first kappa shape index (κ1) is 22.2. The van der Waals surface area contributed by atoms with Crippen LogP contribution in [0.5, 0.6) is 11.5 Å². The number of methoxy groups -OCH3 is 2. The van der Waals surface area contributed by atoms with E-state index in [0.717, 1.165) is 21.2 Å². The van der Waals surface area contributed by atoms with E-state index in [2.05, 4.69) is 15.9 Å². The van der Waals surface area contributed by atoms with Crippen molar-refractivity contribution in [3.63, 3.8) is 0 Å². The van der Waals surface area contributed by atoms with Gasteiger partial charge < -0.3 is 18.8 Å². The van der Waals surface area contributed by atoms with Crippen LogP contribution < -0.4 is 14.9 Å². The lowest BCUT2D eigenvalue weighted by molar-refractivity contribution is 0.0714. The predicted octanol–water partition coefficient (Wildman–Crippen LogP) is 5.63. The lowest BCUT2D eigenvalue weighted by atomic mass is 9.97. The molecular formula is C27H22BrNO5. The fraction of sp³-hybridized carbons (Fsp3) is 0.185. The molecule has 4 aromatic rings. The average Bonchev–Trinajstić information content (AvgIpc) is 3.12. The van der Waals surface area contributed by atoms with Gasteiger partial charge in [-0.2, -0.15) is 0 Å². The summed E-state index contributed by atoms with van der Waals surface area (Å²) < 4.78 is 17.7. The maximum atomic E-state index is 13.7. The molecular weight excluding hydrogens is 498 g/mol. The van der Waals surface area contributed by atoms with Gasteiger partial charge in [-0.25, -0.2) is 0 Å². The summed E-state index contributed by atoms with van der Waals surface area (Å²) in [6.45, 7) is 2.33. The molecule has 1 unspecified atom stereocenters. The molecule has 5 rings (SSSR count). The predicted molar refractivity (Wildman–Crippen MR) is 133 cm³/mol. The summed E-state index contributed by atoms with van der Waals surface area (Å²) in [6, 6.07) is 18.0. The van der Waals surface area contributed by atoms with Gasteiger partial charge in [0.1, 0.15) is 5.58 Å². The smallest absolute Gasteiger partial charge is 0.291 e. The average molecular weight is 520 g/mol. The van der Waals surface area contributed by atoms with Crippen LogP contribution in [0.4, 0.5) is 0 Å². The number of fused-ring (bicyclic) bond motifs is 2. The van der Waals surface area contributed by atoms with Crippen molar-refractivity contribution in [1.29, 1.82) is 0 Å². The lowest BCUT2D eigenvalue weighted by Gasteiger charge is -2.26. The van der Waals surface area contributed by atoms with Crippen LogP contribution in [0.15, 0.2) is 74.3 Å². The standard InChI is InChI=1S/C27H22BrNO5/c1-15-4-6-16(7-5-15)14-29-24(17-8-10-21(32-2)22(12-17)33-3)23-25(30)19-13-18(28)9-11-20(19)34-26(23)27(29)31/h4-13,24H,14H2,1-3H3. The van der Waals surface area contributed by atoms with Crippen molar-refractivity contribution in [2.45, 2.75) is 19.5 Å². The van der Waals surface area contributed by atoms with Crippen LogP contribution >= 0.6 is 15.9 Å². The summed E-state index contributed by atoms with van der Waals surface area (Å²) in [5, 5.41) is 0.420. The van der Waals surface area contributed by atoms with Gasteiger partial charge in [0.25, 0.3) is 5.91 Å². The van der Waals surface area contributed by atoms with Crippen LogP contribution in [0.3, 0.4) is 0 Å². The highest BCUT2D eigenvalue weighted by Crippen LogP contribution is 2.41. The van der Waals surface area contributed by atoms with Crippen molar-refractivity contribution in [3.8, 4) is 11.5 Å². The van der Waals surface area contributed by atoms with Gasteiger partial charge in [0.05, 0.1) is 31.2 Å². The van der Waals surface area contributed by atoms with Crippen LogP contribution in [0.2, 0.25) is 0 Å². The van der Waals surface area contributed by atoms with E-state index < -0.39 is 6.04 Å². The molecule has 0 radical (unpaired) electrons. The number of carbonyl (C=O) groups is 1. The first-order valence-electron chi connectivity index (χ1n) is 10.8. The number of carbonyl (C=O) groups excluding carboxylic acids is 1. The van der Waals surface area contributed by atoms with Gasteiger partial charge in [-0.1, -0.05) is 51.8 Å². The first-order valence-corrected chi connectivity index (χ1v) is 11.5. The SMILES string of the molecule is COc1ccc(C2c3c(oc4ccc(Br)cc4c3=O)C(=O)N2Cc2ccc(C)cc2)cc1OC. The Morgan fingerprint density at radius 3 is 2.38 bits per heavy atom. The van der Waals surface area contributed by atoms with Crippen LogP contribution in [0.1, 0.15) is 38.9 Å². The molecule has 2 heterocycles. The van der Waals surface area contributed by atoms with Crippen molar-refractivity contribution in [2.75, 3.05) is 14.2 Å². The van der Waals surface area contributed by atoms with Gasteiger partial charge in [0.15, 0.2) is 16.9 Å². The third-order valence-electron chi connectivity index (χ3n) is 6.12. The Balaban J connectivity index is 1.73. The van der Waals surface area contributed by atoms with Crippen LogP contribution in [-0.4, -0.2) is 25.0 Å². The monoisotopic (exact) mass is 519 g/mol. The van der Waals surface area contributed by atoms with Gasteiger partial charge in [-0.3, -0.25) is 9.59 Å². The topological polar surface area (TPSA) is 69.0 Å². The zero-order valence-electron chi connectivity index (χ0n) is 18.9. The maximum absolute atomic E-state index is 13.7. The molecule has 0 N–H and O–H groups in total. The van der Waals surface area contributed by atoms with Gasteiger partial charge in [0, 0.05) is 11.0 Å². The Labute approximate surface area is 204 Å². The highest BCUT2D eigenvalue weighted by Gasteiger charge is 2.43. The van der Waals surface area contributed by atoms with E-state index in [9.17, 15) is 9.59 Å². The number of rotatable bonds is 5. The van der Waals surface area contributed by atoms with Crippen molar-refractivity contribution < 1.29 is 18.7 Å². The quantitative estimate of drug-likeness (QED) is 0.342. The van der Waals surface area contributed by atoms with Crippen LogP contribution in [0.25, 0.3) is 11.0 Å². The Morgan fingerprint density at radius 2 is 1.68 bits per heavy atom. The van der Waals surface area contributed by atoms with Crippen molar-refractivity contribution in [1.82, 2.24) is 4.90 Å². The third-order valence-corrected chi connectivity index (χ3v) is 6.62. The molecule has 3 aromatic carbocycles. The molecule has 1 amide bonds. The minimum absolute atomic E-state index is 0.0757. The number of benzene rings is 3. The Morgan fingerprint density at radius 1 is 0.941 bits per heavy atom. The summed E-state index contributed by atoms with van der Waals surface area (Å²) in [5.74, 6) is 0.837. The minimum atomic E-state index is -0.636. The van der Waals surface area contributed by atoms with Gasteiger partial charge >= 0.3 is 0 Å². The van der Waals surface area contributed by atoms with E-state index in [0.29, 0.717) is 34.6 Å². The zero-order chi connectivity index (χ0) is 24.0. The first-order chi connectivity index (χ1) is 16.4. The normalized spacial score (nSPS) is 15.0.